The molecule has 0 N–H and O–H groups in total. The van der Waals surface area contributed by atoms with Crippen LogP contribution in [0.1, 0.15) is 36.7 Å². The van der Waals surface area contributed by atoms with E-state index in [0.717, 1.165) is 23.8 Å². The normalized spacial score (nSPS) is 11.7. The fourth-order valence-corrected chi connectivity index (χ4v) is 3.53. The number of rotatable bonds is 4. The van der Waals surface area contributed by atoms with Crippen molar-refractivity contribution in [1.82, 2.24) is 9.55 Å². The number of fused-ring (bicyclic) bond motifs is 1. The summed E-state index contributed by atoms with van der Waals surface area (Å²) in [6.45, 7) is 5.71. The Bertz CT molecular complexity index is 1310. The number of nitrogens with zero attached hydrogens (tertiary/aromatic N) is 2. The van der Waals surface area contributed by atoms with E-state index in [1.165, 1.54) is 0 Å². The molecule has 4 aromatic rings. The molecule has 0 saturated carbocycles. The molecule has 0 spiro atoms. The fourth-order valence-electron chi connectivity index (χ4n) is 3.40. The Kier molecular flexibility index (Phi) is 5.73. The molecule has 0 fully saturated rings. The first-order valence-corrected chi connectivity index (χ1v) is 10.4. The molecule has 0 radical (unpaired) electrons. The van der Waals surface area contributed by atoms with Crippen LogP contribution in [0.5, 0.6) is 0 Å². The van der Waals surface area contributed by atoms with Gasteiger partial charge in [0.25, 0.3) is 0 Å². The Labute approximate surface area is 189 Å². The Balaban J connectivity index is 1.86. The molecular weight excluding hydrogens is 434 g/mol. The summed E-state index contributed by atoms with van der Waals surface area (Å²) in [5.74, 6) is -1.38. The Morgan fingerprint density at radius 3 is 2.44 bits per heavy atom. The van der Waals surface area contributed by atoms with Crippen molar-refractivity contribution in [1.29, 1.82) is 0 Å². The van der Waals surface area contributed by atoms with Gasteiger partial charge in [-0.3, -0.25) is 0 Å². The van der Waals surface area contributed by atoms with Gasteiger partial charge >= 0.3 is 5.97 Å². The van der Waals surface area contributed by atoms with Crippen molar-refractivity contribution in [2.45, 2.75) is 32.9 Å². The number of esters is 1. The van der Waals surface area contributed by atoms with Gasteiger partial charge < -0.3 is 9.30 Å². The maximum atomic E-state index is 14.6. The number of hydrogen-bond donors (Lipinski definition) is 0. The molecule has 0 aliphatic carbocycles. The number of imidazole rings is 1. The zero-order valence-electron chi connectivity index (χ0n) is 17.8. The topological polar surface area (TPSA) is 44.1 Å². The quantitative estimate of drug-likeness (QED) is 0.325. The Morgan fingerprint density at radius 2 is 1.75 bits per heavy atom. The summed E-state index contributed by atoms with van der Waals surface area (Å²) in [6, 6.07) is 15.5. The highest BCUT2D eigenvalue weighted by atomic mass is 35.5. The molecule has 0 aliphatic heterocycles. The largest absolute Gasteiger partial charge is 0.456 e. The number of ether oxygens (including phenoxy) is 1. The van der Waals surface area contributed by atoms with Gasteiger partial charge in [-0.15, -0.1) is 0 Å². The van der Waals surface area contributed by atoms with Gasteiger partial charge in [-0.05, 0) is 74.9 Å². The minimum absolute atomic E-state index is 0.0361. The predicted molar refractivity (Wildman–Crippen MR) is 121 cm³/mol. The van der Waals surface area contributed by atoms with Gasteiger partial charge in [0.1, 0.15) is 23.1 Å². The number of carbonyl (C=O) groups is 1. The Morgan fingerprint density at radius 1 is 1.03 bits per heavy atom. The molecule has 4 nitrogen and oxygen atoms in total. The zero-order valence-corrected chi connectivity index (χ0v) is 18.6. The van der Waals surface area contributed by atoms with Gasteiger partial charge in [0.05, 0.1) is 22.2 Å². The van der Waals surface area contributed by atoms with Gasteiger partial charge in [-0.25, -0.2) is 18.6 Å². The summed E-state index contributed by atoms with van der Waals surface area (Å²) in [7, 11) is 0. The lowest BCUT2D eigenvalue weighted by Gasteiger charge is -2.19. The third kappa shape index (κ3) is 4.65. The number of benzene rings is 3. The summed E-state index contributed by atoms with van der Waals surface area (Å²) in [5, 5.41) is 0.600. The monoisotopic (exact) mass is 454 g/mol. The zero-order chi connectivity index (χ0) is 23.0. The SMILES string of the molecule is CC(C)(C)OC(=O)c1ccc2c(c1)nc(-c1cc(F)ccc1F)n2Cc1ccc(Cl)cc1. The molecule has 0 aliphatic rings. The van der Waals surface area contributed by atoms with Crippen LogP contribution >= 0.6 is 11.6 Å². The second-order valence-electron chi connectivity index (χ2n) is 8.48. The summed E-state index contributed by atoms with van der Waals surface area (Å²) < 4.78 is 35.8. The highest BCUT2D eigenvalue weighted by molar-refractivity contribution is 6.30. The van der Waals surface area contributed by atoms with E-state index in [2.05, 4.69) is 4.98 Å². The van der Waals surface area contributed by atoms with Crippen LogP contribution in [0, 0.1) is 11.6 Å². The standard InChI is InChI=1S/C25H21ClF2N2O2/c1-25(2,3)32-24(31)16-6-11-22-21(12-16)29-23(19-13-18(27)9-10-20(19)28)30(22)14-15-4-7-17(26)8-5-15/h4-13H,14H2,1-3H3. The second kappa shape index (κ2) is 8.36. The highest BCUT2D eigenvalue weighted by Crippen LogP contribution is 2.29. The van der Waals surface area contributed by atoms with Crippen LogP contribution in [0.25, 0.3) is 22.4 Å². The van der Waals surface area contributed by atoms with Crippen LogP contribution in [0.2, 0.25) is 5.02 Å². The van der Waals surface area contributed by atoms with Crippen LogP contribution < -0.4 is 0 Å². The maximum Gasteiger partial charge on any atom is 0.338 e. The van der Waals surface area contributed by atoms with Crippen LogP contribution in [-0.2, 0) is 11.3 Å². The average molecular weight is 455 g/mol. The van der Waals surface area contributed by atoms with E-state index in [0.29, 0.717) is 28.2 Å². The summed E-state index contributed by atoms with van der Waals surface area (Å²) >= 11 is 5.99. The van der Waals surface area contributed by atoms with Crippen LogP contribution in [0.15, 0.2) is 60.7 Å². The lowest BCUT2D eigenvalue weighted by Crippen LogP contribution is -2.23. The molecule has 164 valence electrons. The van der Waals surface area contributed by atoms with E-state index in [1.54, 1.807) is 55.7 Å². The highest BCUT2D eigenvalue weighted by Gasteiger charge is 2.21. The number of hydrogen-bond acceptors (Lipinski definition) is 3. The van der Waals surface area contributed by atoms with E-state index in [-0.39, 0.29) is 11.4 Å². The van der Waals surface area contributed by atoms with Gasteiger partial charge in [0.15, 0.2) is 0 Å². The van der Waals surface area contributed by atoms with Crippen molar-refractivity contribution in [3.05, 3.63) is 88.4 Å². The number of aromatic nitrogens is 2. The van der Waals surface area contributed by atoms with Crippen molar-refractivity contribution < 1.29 is 18.3 Å². The van der Waals surface area contributed by atoms with Gasteiger partial charge in [0, 0.05) is 11.6 Å². The van der Waals surface area contributed by atoms with Crippen LogP contribution in [0.3, 0.4) is 0 Å². The lowest BCUT2D eigenvalue weighted by atomic mass is 10.1. The van der Waals surface area contributed by atoms with Crippen molar-refractivity contribution in [2.24, 2.45) is 0 Å². The lowest BCUT2D eigenvalue weighted by molar-refractivity contribution is 0.00696. The van der Waals surface area contributed by atoms with Crippen molar-refractivity contribution in [3.8, 4) is 11.4 Å². The molecule has 0 bridgehead atoms. The smallest absolute Gasteiger partial charge is 0.338 e. The third-order valence-electron chi connectivity index (χ3n) is 4.81. The van der Waals surface area contributed by atoms with Crippen molar-refractivity contribution in [2.75, 3.05) is 0 Å². The fraction of sp³-hybridized carbons (Fsp3) is 0.200. The van der Waals surface area contributed by atoms with Gasteiger partial charge in [-0.2, -0.15) is 0 Å². The average Bonchev–Trinajstić information content (AvgIpc) is 3.07. The van der Waals surface area contributed by atoms with E-state index in [9.17, 15) is 13.6 Å². The molecule has 3 aromatic carbocycles. The number of halogens is 3. The summed E-state index contributed by atoms with van der Waals surface area (Å²) in [5.41, 5.74) is 1.77. The van der Waals surface area contributed by atoms with Crippen LogP contribution in [-0.4, -0.2) is 21.1 Å². The Hall–Kier alpha value is -3.25. The van der Waals surface area contributed by atoms with E-state index >= 15 is 0 Å². The molecule has 32 heavy (non-hydrogen) atoms. The summed E-state index contributed by atoms with van der Waals surface area (Å²) in [4.78, 5) is 17.1. The third-order valence-corrected chi connectivity index (χ3v) is 5.06. The second-order valence-corrected chi connectivity index (χ2v) is 8.91. The molecule has 0 atom stereocenters. The molecule has 1 heterocycles. The first-order valence-electron chi connectivity index (χ1n) is 10.0. The first kappa shape index (κ1) is 22.0. The molecular formula is C25H21ClF2N2O2. The maximum absolute atomic E-state index is 14.6. The summed E-state index contributed by atoms with van der Waals surface area (Å²) in [6.07, 6.45) is 0. The molecule has 7 heteroatoms. The van der Waals surface area contributed by atoms with Gasteiger partial charge in [-0.1, -0.05) is 23.7 Å². The molecule has 4 rings (SSSR count). The van der Waals surface area contributed by atoms with Crippen molar-refractivity contribution in [3.63, 3.8) is 0 Å². The van der Waals surface area contributed by atoms with Crippen LogP contribution in [0.4, 0.5) is 8.78 Å². The minimum Gasteiger partial charge on any atom is -0.456 e. The molecule has 0 amide bonds. The van der Waals surface area contributed by atoms with Crippen molar-refractivity contribution >= 4 is 28.6 Å². The van der Waals surface area contributed by atoms with E-state index in [4.69, 9.17) is 16.3 Å². The van der Waals surface area contributed by atoms with E-state index < -0.39 is 23.2 Å². The van der Waals surface area contributed by atoms with E-state index in [1.807, 2.05) is 12.1 Å². The minimum atomic E-state index is -0.643. The first-order chi connectivity index (χ1) is 15.1. The molecule has 0 unspecified atom stereocenters. The predicted octanol–water partition coefficient (Wildman–Crippen LogP) is 6.64. The molecule has 0 saturated heterocycles. The van der Waals surface area contributed by atoms with Gasteiger partial charge in [0.2, 0.25) is 0 Å². The number of carbonyl (C=O) groups excluding carboxylic acids is 1. The molecule has 1 aromatic heterocycles.